The summed E-state index contributed by atoms with van der Waals surface area (Å²) in [5.41, 5.74) is 2.06. The molecule has 1 saturated heterocycles. The van der Waals surface area contributed by atoms with Gasteiger partial charge in [0, 0.05) is 36.7 Å². The van der Waals surface area contributed by atoms with E-state index in [0.29, 0.717) is 22.5 Å². The number of hydrogen-bond donors (Lipinski definition) is 2. The Kier molecular flexibility index (Phi) is 5.47. The highest BCUT2D eigenvalue weighted by atomic mass is 16.2. The number of amides is 2. The van der Waals surface area contributed by atoms with E-state index in [2.05, 4.69) is 25.5 Å². The summed E-state index contributed by atoms with van der Waals surface area (Å²) in [5.74, 6) is 0.385. The fourth-order valence-corrected chi connectivity index (χ4v) is 3.24. The van der Waals surface area contributed by atoms with Gasteiger partial charge in [0.1, 0.15) is 5.82 Å². The van der Waals surface area contributed by atoms with Crippen molar-refractivity contribution >= 4 is 29.0 Å². The first kappa shape index (κ1) is 18.6. The van der Waals surface area contributed by atoms with Crippen molar-refractivity contribution in [1.82, 2.24) is 9.97 Å². The molecule has 29 heavy (non-hydrogen) atoms. The molecular formula is C22H21N5O2. The maximum Gasteiger partial charge on any atom is 0.257 e. The summed E-state index contributed by atoms with van der Waals surface area (Å²) in [4.78, 5) is 35.5. The van der Waals surface area contributed by atoms with Gasteiger partial charge in [-0.1, -0.05) is 6.07 Å². The molecule has 0 radical (unpaired) electrons. The summed E-state index contributed by atoms with van der Waals surface area (Å²) in [5, 5.41) is 5.62. The van der Waals surface area contributed by atoms with E-state index >= 15 is 0 Å². The molecule has 3 heterocycles. The largest absolute Gasteiger partial charge is 0.357 e. The van der Waals surface area contributed by atoms with Crippen molar-refractivity contribution < 1.29 is 9.59 Å². The number of benzene rings is 1. The number of hydrogen-bond acceptors (Lipinski definition) is 5. The molecule has 2 amide bonds. The molecular weight excluding hydrogens is 366 g/mol. The molecule has 3 aromatic rings. The fourth-order valence-electron chi connectivity index (χ4n) is 3.24. The lowest BCUT2D eigenvalue weighted by molar-refractivity contribution is 0.101. The highest BCUT2D eigenvalue weighted by Gasteiger charge is 2.14. The molecule has 0 aliphatic carbocycles. The van der Waals surface area contributed by atoms with Gasteiger partial charge in [-0.05, 0) is 55.3 Å². The van der Waals surface area contributed by atoms with Gasteiger partial charge in [-0.25, -0.2) is 4.98 Å². The lowest BCUT2D eigenvalue weighted by Gasteiger charge is -2.16. The second-order valence-electron chi connectivity index (χ2n) is 6.83. The number of anilines is 3. The van der Waals surface area contributed by atoms with E-state index in [0.717, 1.165) is 18.9 Å². The Bertz CT molecular complexity index is 999. The molecule has 0 unspecified atom stereocenters. The molecule has 2 aromatic heterocycles. The first-order valence-corrected chi connectivity index (χ1v) is 9.53. The summed E-state index contributed by atoms with van der Waals surface area (Å²) in [6.07, 6.45) is 7.14. The number of rotatable bonds is 5. The minimum Gasteiger partial charge on any atom is -0.357 e. The maximum absolute atomic E-state index is 12.6. The van der Waals surface area contributed by atoms with Gasteiger partial charge in [0.15, 0.2) is 0 Å². The average Bonchev–Trinajstić information content (AvgIpc) is 3.30. The Hall–Kier alpha value is -3.74. The Morgan fingerprint density at radius 1 is 0.828 bits per heavy atom. The van der Waals surface area contributed by atoms with Crippen LogP contribution >= 0.6 is 0 Å². The van der Waals surface area contributed by atoms with E-state index in [9.17, 15) is 9.59 Å². The molecule has 2 N–H and O–H groups in total. The third kappa shape index (κ3) is 4.57. The zero-order chi connectivity index (χ0) is 20.1. The summed E-state index contributed by atoms with van der Waals surface area (Å²) >= 11 is 0. The second-order valence-corrected chi connectivity index (χ2v) is 6.83. The Morgan fingerprint density at radius 2 is 1.59 bits per heavy atom. The molecule has 1 aliphatic rings. The number of carbonyl (C=O) groups is 2. The van der Waals surface area contributed by atoms with E-state index in [4.69, 9.17) is 0 Å². The van der Waals surface area contributed by atoms with E-state index in [1.54, 1.807) is 48.8 Å². The van der Waals surface area contributed by atoms with Gasteiger partial charge in [-0.2, -0.15) is 0 Å². The van der Waals surface area contributed by atoms with Gasteiger partial charge in [0.05, 0.1) is 17.4 Å². The van der Waals surface area contributed by atoms with Crippen molar-refractivity contribution in [2.24, 2.45) is 0 Å². The molecule has 7 nitrogen and oxygen atoms in total. The number of carbonyl (C=O) groups excluding carboxylic acids is 2. The Labute approximate surface area is 168 Å². The molecule has 7 heteroatoms. The maximum atomic E-state index is 12.6. The van der Waals surface area contributed by atoms with Crippen LogP contribution in [0.5, 0.6) is 0 Å². The van der Waals surface area contributed by atoms with Crippen LogP contribution in [0.25, 0.3) is 0 Å². The summed E-state index contributed by atoms with van der Waals surface area (Å²) < 4.78 is 0. The third-order valence-electron chi connectivity index (χ3n) is 4.74. The molecule has 0 saturated carbocycles. The van der Waals surface area contributed by atoms with E-state index < -0.39 is 0 Å². The van der Waals surface area contributed by atoms with Crippen molar-refractivity contribution in [3.63, 3.8) is 0 Å². The highest BCUT2D eigenvalue weighted by Crippen LogP contribution is 2.20. The summed E-state index contributed by atoms with van der Waals surface area (Å²) in [7, 11) is 0. The van der Waals surface area contributed by atoms with Gasteiger partial charge in [0.25, 0.3) is 11.8 Å². The van der Waals surface area contributed by atoms with Crippen molar-refractivity contribution in [2.75, 3.05) is 28.6 Å². The van der Waals surface area contributed by atoms with Crippen molar-refractivity contribution in [3.05, 3.63) is 78.2 Å². The number of pyridine rings is 2. The highest BCUT2D eigenvalue weighted by molar-refractivity contribution is 6.07. The number of nitrogens with zero attached hydrogens (tertiary/aromatic N) is 3. The molecule has 1 fully saturated rings. The van der Waals surface area contributed by atoms with E-state index in [-0.39, 0.29) is 11.8 Å². The fraction of sp³-hybridized carbons (Fsp3) is 0.182. The zero-order valence-corrected chi connectivity index (χ0v) is 15.8. The topological polar surface area (TPSA) is 87.2 Å². The van der Waals surface area contributed by atoms with Gasteiger partial charge >= 0.3 is 0 Å². The second kappa shape index (κ2) is 8.52. The first-order chi connectivity index (χ1) is 14.2. The summed E-state index contributed by atoms with van der Waals surface area (Å²) in [6.45, 7) is 2.05. The quantitative estimate of drug-likeness (QED) is 0.699. The molecule has 4 rings (SSSR count). The normalized spacial score (nSPS) is 13.2. The predicted molar refractivity (Wildman–Crippen MR) is 112 cm³/mol. The van der Waals surface area contributed by atoms with Crippen LogP contribution in [0.4, 0.5) is 17.2 Å². The standard InChI is InChI=1S/C22H21N5O2/c28-21(26-19-8-9-20(24-15-19)27-11-1-2-12-27)16-5-3-7-18(13-16)25-22(29)17-6-4-10-23-14-17/h3-10,13-15H,1-2,11-12H2,(H,25,29)(H,26,28). The number of nitrogens with one attached hydrogen (secondary N) is 2. The zero-order valence-electron chi connectivity index (χ0n) is 15.8. The lowest BCUT2D eigenvalue weighted by atomic mass is 10.1. The minimum atomic E-state index is -0.280. The van der Waals surface area contributed by atoms with Gasteiger partial charge in [0.2, 0.25) is 0 Å². The van der Waals surface area contributed by atoms with Crippen molar-refractivity contribution in [2.45, 2.75) is 12.8 Å². The third-order valence-corrected chi connectivity index (χ3v) is 4.74. The molecule has 146 valence electrons. The number of aromatic nitrogens is 2. The SMILES string of the molecule is O=C(Nc1cccc(C(=O)Nc2ccc(N3CCCC3)nc2)c1)c1cccnc1. The summed E-state index contributed by atoms with van der Waals surface area (Å²) in [6, 6.07) is 13.9. The van der Waals surface area contributed by atoms with E-state index in [1.807, 2.05) is 12.1 Å². The van der Waals surface area contributed by atoms with Gasteiger partial charge in [-0.15, -0.1) is 0 Å². The van der Waals surface area contributed by atoms with Crippen LogP contribution < -0.4 is 15.5 Å². The minimum absolute atomic E-state index is 0.266. The average molecular weight is 387 g/mol. The van der Waals surface area contributed by atoms with Crippen LogP contribution in [0, 0.1) is 0 Å². The predicted octanol–water partition coefficient (Wildman–Crippen LogP) is 3.58. The first-order valence-electron chi connectivity index (χ1n) is 9.53. The molecule has 1 aliphatic heterocycles. The van der Waals surface area contributed by atoms with Crippen molar-refractivity contribution in [3.8, 4) is 0 Å². The van der Waals surface area contributed by atoms with Crippen LogP contribution in [0.15, 0.2) is 67.1 Å². The Balaban J connectivity index is 1.41. The monoisotopic (exact) mass is 387 g/mol. The van der Waals surface area contributed by atoms with Crippen LogP contribution in [-0.4, -0.2) is 34.9 Å². The van der Waals surface area contributed by atoms with Crippen LogP contribution in [0.2, 0.25) is 0 Å². The van der Waals surface area contributed by atoms with Gasteiger partial charge in [-0.3, -0.25) is 14.6 Å². The lowest BCUT2D eigenvalue weighted by Crippen LogP contribution is -2.19. The van der Waals surface area contributed by atoms with Crippen LogP contribution in [-0.2, 0) is 0 Å². The molecule has 0 spiro atoms. The molecule has 0 bridgehead atoms. The Morgan fingerprint density at radius 3 is 2.31 bits per heavy atom. The van der Waals surface area contributed by atoms with Crippen LogP contribution in [0.1, 0.15) is 33.6 Å². The molecule has 0 atom stereocenters. The van der Waals surface area contributed by atoms with Crippen LogP contribution in [0.3, 0.4) is 0 Å². The smallest absolute Gasteiger partial charge is 0.257 e. The van der Waals surface area contributed by atoms with E-state index in [1.165, 1.54) is 19.0 Å². The van der Waals surface area contributed by atoms with Crippen molar-refractivity contribution in [1.29, 1.82) is 0 Å². The molecule has 1 aromatic carbocycles. The van der Waals surface area contributed by atoms with Gasteiger partial charge < -0.3 is 15.5 Å².